The van der Waals surface area contributed by atoms with Crippen LogP contribution in [0.4, 0.5) is 0 Å². The van der Waals surface area contributed by atoms with Crippen LogP contribution in [0.1, 0.15) is 365 Å². The lowest BCUT2D eigenvalue weighted by atomic mass is 10.0. The van der Waals surface area contributed by atoms with Crippen LogP contribution in [0.5, 0.6) is 0 Å². The van der Waals surface area contributed by atoms with E-state index in [0.717, 1.165) is 24.5 Å². The third kappa shape index (κ3) is 47.3. The summed E-state index contributed by atoms with van der Waals surface area (Å²) < 4.78 is 0. The molecule has 0 unspecified atom stereocenters. The van der Waals surface area contributed by atoms with Crippen molar-refractivity contribution in [2.75, 3.05) is 0 Å². The highest BCUT2D eigenvalue weighted by molar-refractivity contribution is 5.00. The predicted molar refractivity (Wildman–Crippen MR) is 283 cm³/mol. The zero-order valence-electron chi connectivity index (χ0n) is 43.7. The number of rotatable bonds is 54. The molecule has 63 heavy (non-hydrogen) atoms. The quantitative estimate of drug-likeness (QED) is 0.0612. The average molecular weight is 880 g/mol. The molecule has 1 radical (unpaired) electrons. The predicted octanol–water partition coefficient (Wildman–Crippen LogP) is 21.5. The van der Waals surface area contributed by atoms with E-state index in [-0.39, 0.29) is 0 Å². The highest BCUT2D eigenvalue weighted by Gasteiger charge is 2.05. The molecule has 0 aromatic carbocycles. The second kappa shape index (κ2) is 52.0. The highest BCUT2D eigenvalue weighted by atomic mass is 15.0. The van der Waals surface area contributed by atoms with Gasteiger partial charge in [-0.3, -0.25) is 0 Å². The van der Waals surface area contributed by atoms with Gasteiger partial charge in [-0.1, -0.05) is 335 Å². The average Bonchev–Trinajstić information content (AvgIpc) is 3.28. The molecule has 0 aliphatic heterocycles. The standard InChI is InChI=1S/C60H116N3/c1-4-6-8-10-12-14-16-18-20-22-24-26-28-30-32-34-36-38-40-42-44-46-48-50-52-54-56-59-61-58(3)62-60(63-59)57-55-53-51-49-47-45-43-41-39-37-35-33-31-29-27-25-23-21-19-17-15-13-11-9-7-5-2/h3-57H2,1-2H3. The Morgan fingerprint density at radius 3 is 0.508 bits per heavy atom. The number of aryl methyl sites for hydroxylation is 2. The molecule has 1 aromatic rings. The molecule has 3 heteroatoms. The van der Waals surface area contributed by atoms with Crippen LogP contribution >= 0.6 is 0 Å². The molecule has 371 valence electrons. The van der Waals surface area contributed by atoms with Gasteiger partial charge in [-0.25, -0.2) is 15.0 Å². The maximum absolute atomic E-state index is 4.84. The zero-order chi connectivity index (χ0) is 45.0. The minimum absolute atomic E-state index is 0.666. The number of hydrogen-bond donors (Lipinski definition) is 0. The Kier molecular flexibility index (Phi) is 49.5. The van der Waals surface area contributed by atoms with Gasteiger partial charge in [0, 0.05) is 19.8 Å². The molecule has 3 nitrogen and oxygen atoms in total. The van der Waals surface area contributed by atoms with E-state index < -0.39 is 0 Å². The van der Waals surface area contributed by atoms with Crippen molar-refractivity contribution in [2.45, 2.75) is 361 Å². The van der Waals surface area contributed by atoms with E-state index in [1.165, 1.54) is 334 Å². The summed E-state index contributed by atoms with van der Waals surface area (Å²) in [5, 5.41) is 0. The van der Waals surface area contributed by atoms with Gasteiger partial charge in [0.2, 0.25) is 0 Å². The SMILES string of the molecule is [CH2]c1nc(CCCCCCCCCCCCCCCCCCCCCCCCCCCC)nc(CCCCCCCCCCCCCCCCCCCCCCCCCCCC)n1. The molecule has 0 bridgehead atoms. The van der Waals surface area contributed by atoms with Gasteiger partial charge in [0.15, 0.2) is 0 Å². The normalized spacial score (nSPS) is 11.7. The third-order valence-electron chi connectivity index (χ3n) is 14.3. The third-order valence-corrected chi connectivity index (χ3v) is 14.3. The molecule has 0 amide bonds. The van der Waals surface area contributed by atoms with Gasteiger partial charge in [-0.2, -0.15) is 0 Å². The minimum Gasteiger partial charge on any atom is -0.218 e. The van der Waals surface area contributed by atoms with Crippen molar-refractivity contribution in [1.82, 2.24) is 15.0 Å². The van der Waals surface area contributed by atoms with Gasteiger partial charge in [0.25, 0.3) is 0 Å². The molecule has 0 spiro atoms. The van der Waals surface area contributed by atoms with Gasteiger partial charge in [0.05, 0.1) is 0 Å². The van der Waals surface area contributed by atoms with E-state index in [1.54, 1.807) is 0 Å². The van der Waals surface area contributed by atoms with Crippen molar-refractivity contribution in [3.63, 3.8) is 0 Å². The van der Waals surface area contributed by atoms with Crippen molar-refractivity contribution < 1.29 is 0 Å². The highest BCUT2D eigenvalue weighted by Crippen LogP contribution is 2.19. The summed E-state index contributed by atoms with van der Waals surface area (Å²) in [5.41, 5.74) is 0. The largest absolute Gasteiger partial charge is 0.218 e. The van der Waals surface area contributed by atoms with E-state index in [0.29, 0.717) is 5.82 Å². The van der Waals surface area contributed by atoms with E-state index in [1.807, 2.05) is 0 Å². The van der Waals surface area contributed by atoms with Crippen molar-refractivity contribution in [3.05, 3.63) is 24.4 Å². The number of hydrogen-bond acceptors (Lipinski definition) is 3. The zero-order valence-corrected chi connectivity index (χ0v) is 43.7. The van der Waals surface area contributed by atoms with Gasteiger partial charge in [-0.05, 0) is 12.8 Å². The molecule has 1 heterocycles. The molecule has 0 saturated carbocycles. The summed E-state index contributed by atoms with van der Waals surface area (Å²) in [4.78, 5) is 14.0. The maximum Gasteiger partial charge on any atom is 0.133 e. The van der Waals surface area contributed by atoms with Crippen LogP contribution in [0.3, 0.4) is 0 Å². The Hall–Kier alpha value is -0.990. The van der Waals surface area contributed by atoms with Crippen molar-refractivity contribution >= 4 is 0 Å². The summed E-state index contributed by atoms with van der Waals surface area (Å²) in [5.74, 6) is 2.62. The number of aromatic nitrogens is 3. The van der Waals surface area contributed by atoms with E-state index in [9.17, 15) is 0 Å². The van der Waals surface area contributed by atoms with Gasteiger partial charge >= 0.3 is 0 Å². The lowest BCUT2D eigenvalue weighted by Gasteiger charge is -2.06. The molecule has 0 aliphatic carbocycles. The van der Waals surface area contributed by atoms with E-state index in [2.05, 4.69) is 30.7 Å². The fraction of sp³-hybridized carbons (Fsp3) is 0.933. The number of unbranched alkanes of at least 4 members (excludes halogenated alkanes) is 50. The molecule has 0 aliphatic rings. The summed E-state index contributed by atoms with van der Waals surface area (Å²) in [7, 11) is 0. The van der Waals surface area contributed by atoms with Crippen LogP contribution < -0.4 is 0 Å². The smallest absolute Gasteiger partial charge is 0.133 e. The molecule has 0 N–H and O–H groups in total. The second-order valence-electron chi connectivity index (χ2n) is 20.8. The Balaban J connectivity index is 1.79. The summed E-state index contributed by atoms with van der Waals surface area (Å²) in [6.45, 7) is 8.69. The molecule has 1 rings (SSSR count). The fourth-order valence-electron chi connectivity index (χ4n) is 9.94. The maximum atomic E-state index is 4.84. The van der Waals surface area contributed by atoms with E-state index >= 15 is 0 Å². The Bertz CT molecular complexity index is 917. The van der Waals surface area contributed by atoms with Crippen LogP contribution in [0, 0.1) is 6.92 Å². The first-order valence-corrected chi connectivity index (χ1v) is 29.8. The molecular weight excluding hydrogens is 763 g/mol. The van der Waals surface area contributed by atoms with Crippen LogP contribution in [0.25, 0.3) is 0 Å². The van der Waals surface area contributed by atoms with E-state index in [4.69, 9.17) is 4.98 Å². The molecule has 0 atom stereocenters. The summed E-state index contributed by atoms with van der Waals surface area (Å²) in [6.07, 6.45) is 76.7. The summed E-state index contributed by atoms with van der Waals surface area (Å²) in [6, 6.07) is 0. The Morgan fingerprint density at radius 1 is 0.206 bits per heavy atom. The van der Waals surface area contributed by atoms with Crippen LogP contribution in [-0.4, -0.2) is 15.0 Å². The molecule has 0 saturated heterocycles. The Labute approximate surface area is 398 Å². The second-order valence-corrected chi connectivity index (χ2v) is 20.8. The molecular formula is C60H116N3. The minimum atomic E-state index is 0.666. The lowest BCUT2D eigenvalue weighted by molar-refractivity contribution is 0.515. The lowest BCUT2D eigenvalue weighted by Crippen LogP contribution is -2.06. The molecule has 0 fully saturated rings. The molecule has 1 aromatic heterocycles. The van der Waals surface area contributed by atoms with Gasteiger partial charge < -0.3 is 0 Å². The first-order valence-electron chi connectivity index (χ1n) is 29.8. The van der Waals surface area contributed by atoms with Gasteiger partial charge in [-0.15, -0.1) is 0 Å². The van der Waals surface area contributed by atoms with Crippen LogP contribution in [-0.2, 0) is 12.8 Å². The topological polar surface area (TPSA) is 38.7 Å². The Morgan fingerprint density at radius 2 is 0.349 bits per heavy atom. The summed E-state index contributed by atoms with van der Waals surface area (Å²) >= 11 is 0. The fourth-order valence-corrected chi connectivity index (χ4v) is 9.94. The first-order chi connectivity index (χ1) is 31.3. The first kappa shape index (κ1) is 60.0. The number of nitrogens with zero attached hydrogens (tertiary/aromatic N) is 3. The van der Waals surface area contributed by atoms with Crippen molar-refractivity contribution in [2.24, 2.45) is 0 Å². The van der Waals surface area contributed by atoms with Crippen molar-refractivity contribution in [1.29, 1.82) is 0 Å². The van der Waals surface area contributed by atoms with Gasteiger partial charge in [0.1, 0.15) is 17.5 Å². The monoisotopic (exact) mass is 879 g/mol. The van der Waals surface area contributed by atoms with Crippen LogP contribution in [0.2, 0.25) is 0 Å². The van der Waals surface area contributed by atoms with Crippen LogP contribution in [0.15, 0.2) is 0 Å². The van der Waals surface area contributed by atoms with Crippen molar-refractivity contribution in [3.8, 4) is 0 Å².